The summed E-state index contributed by atoms with van der Waals surface area (Å²) in [5.74, 6) is 0. The van der Waals surface area contributed by atoms with Gasteiger partial charge < -0.3 is 10.2 Å². The largest absolute Gasteiger partial charge is 0.334 e. The van der Waals surface area contributed by atoms with E-state index in [0.29, 0.717) is 32.7 Å². The Hall–Kier alpha value is -1.64. The van der Waals surface area contributed by atoms with Crippen molar-refractivity contribution in [3.8, 4) is 0 Å². The second-order valence-electron chi connectivity index (χ2n) is 8.04. The minimum Gasteiger partial charge on any atom is -0.334 e. The quantitative estimate of drug-likeness (QED) is 0.804. The number of nitrogens with one attached hydrogen (secondary N) is 1. The van der Waals surface area contributed by atoms with Gasteiger partial charge in [-0.1, -0.05) is 36.8 Å². The number of sulfonamides is 1. The number of rotatable bonds is 5. The Morgan fingerprint density at radius 2 is 1.75 bits per heavy atom. The average molecular weight is 409 g/mol. The van der Waals surface area contributed by atoms with E-state index in [1.54, 1.807) is 4.31 Å². The molecule has 0 saturated carbocycles. The van der Waals surface area contributed by atoms with Gasteiger partial charge in [0.05, 0.1) is 6.26 Å². The lowest BCUT2D eigenvalue weighted by Crippen LogP contribution is -2.59. The molecular weight excluding hydrogens is 376 g/mol. The van der Waals surface area contributed by atoms with E-state index in [4.69, 9.17) is 0 Å². The topological polar surface area (TPSA) is 73.0 Å². The summed E-state index contributed by atoms with van der Waals surface area (Å²) in [7, 11) is -3.15. The van der Waals surface area contributed by atoms with E-state index in [2.05, 4.69) is 17.1 Å². The molecule has 0 spiro atoms. The molecule has 2 aliphatic rings. The smallest absolute Gasteiger partial charge is 0.317 e. The molecule has 0 aliphatic carbocycles. The van der Waals surface area contributed by atoms with Crippen LogP contribution in [-0.2, 0) is 16.6 Å². The molecule has 3 rings (SSSR count). The standard InChI is InChI=1S/C20H32N4O3S/c1-4-20(9-10-24(16-20)28(3,26)27)23-13-11-22(12-14-23)19(25)21-15-18-7-5-17(2)6-8-18/h5-8H,4,9-16H2,1-3H3,(H,21,25)/t20-/m1/s1. The molecule has 0 aromatic heterocycles. The molecule has 2 amide bonds. The van der Waals surface area contributed by atoms with Crippen molar-refractivity contribution in [2.24, 2.45) is 0 Å². The molecular formula is C20H32N4O3S. The first-order valence-electron chi connectivity index (χ1n) is 10.0. The van der Waals surface area contributed by atoms with Crippen LogP contribution in [0.1, 0.15) is 30.9 Å². The number of benzene rings is 1. The number of amides is 2. The van der Waals surface area contributed by atoms with Crippen molar-refractivity contribution in [3.05, 3.63) is 35.4 Å². The van der Waals surface area contributed by atoms with E-state index in [1.807, 2.05) is 36.1 Å². The van der Waals surface area contributed by atoms with Gasteiger partial charge in [0.15, 0.2) is 0 Å². The van der Waals surface area contributed by atoms with Crippen LogP contribution in [0.5, 0.6) is 0 Å². The molecule has 2 saturated heterocycles. The minimum absolute atomic E-state index is 0.0324. The van der Waals surface area contributed by atoms with E-state index in [1.165, 1.54) is 11.8 Å². The van der Waals surface area contributed by atoms with Crippen LogP contribution in [0, 0.1) is 6.92 Å². The zero-order chi connectivity index (χ0) is 20.4. The second kappa shape index (κ2) is 8.39. The molecule has 28 heavy (non-hydrogen) atoms. The number of urea groups is 1. The average Bonchev–Trinajstić information content (AvgIpc) is 3.14. The summed E-state index contributed by atoms with van der Waals surface area (Å²) < 4.78 is 25.4. The monoisotopic (exact) mass is 408 g/mol. The van der Waals surface area contributed by atoms with Crippen LogP contribution in [0.3, 0.4) is 0 Å². The highest BCUT2D eigenvalue weighted by Crippen LogP contribution is 2.33. The molecule has 7 nitrogen and oxygen atoms in total. The predicted octanol–water partition coefficient (Wildman–Crippen LogP) is 1.64. The Balaban J connectivity index is 1.52. The van der Waals surface area contributed by atoms with Crippen LogP contribution in [0.25, 0.3) is 0 Å². The van der Waals surface area contributed by atoms with Gasteiger partial charge >= 0.3 is 6.03 Å². The zero-order valence-electron chi connectivity index (χ0n) is 17.1. The molecule has 1 N–H and O–H groups in total. The van der Waals surface area contributed by atoms with Gasteiger partial charge in [0.1, 0.15) is 0 Å². The van der Waals surface area contributed by atoms with Crippen LogP contribution >= 0.6 is 0 Å². The highest BCUT2D eigenvalue weighted by Gasteiger charge is 2.45. The molecule has 156 valence electrons. The number of piperazine rings is 1. The predicted molar refractivity (Wildman–Crippen MR) is 111 cm³/mol. The summed E-state index contributed by atoms with van der Waals surface area (Å²) in [6.07, 6.45) is 3.06. The van der Waals surface area contributed by atoms with Crippen molar-refractivity contribution in [3.63, 3.8) is 0 Å². The number of nitrogens with zero attached hydrogens (tertiary/aromatic N) is 3. The summed E-state index contributed by atoms with van der Waals surface area (Å²) in [4.78, 5) is 16.8. The van der Waals surface area contributed by atoms with E-state index < -0.39 is 10.0 Å². The Morgan fingerprint density at radius 3 is 2.29 bits per heavy atom. The zero-order valence-corrected chi connectivity index (χ0v) is 18.0. The molecule has 1 atom stereocenters. The number of hydrogen-bond donors (Lipinski definition) is 1. The maximum absolute atomic E-state index is 12.5. The molecule has 0 bridgehead atoms. The molecule has 2 fully saturated rings. The third kappa shape index (κ3) is 4.67. The first-order valence-corrected chi connectivity index (χ1v) is 11.9. The minimum atomic E-state index is -3.15. The van der Waals surface area contributed by atoms with Gasteiger partial charge in [0.2, 0.25) is 10.0 Å². The Bertz CT molecular complexity index is 788. The van der Waals surface area contributed by atoms with E-state index in [9.17, 15) is 13.2 Å². The summed E-state index contributed by atoms with van der Waals surface area (Å²) >= 11 is 0. The Labute approximate surface area is 168 Å². The molecule has 2 aliphatic heterocycles. The van der Waals surface area contributed by atoms with Crippen LogP contribution in [0.15, 0.2) is 24.3 Å². The molecule has 0 unspecified atom stereocenters. The van der Waals surface area contributed by atoms with Gasteiger partial charge in [-0.15, -0.1) is 0 Å². The van der Waals surface area contributed by atoms with Crippen molar-refractivity contribution in [2.75, 3.05) is 45.5 Å². The first kappa shape index (κ1) is 21.1. The third-order valence-electron chi connectivity index (χ3n) is 6.23. The first-order chi connectivity index (χ1) is 13.2. The van der Waals surface area contributed by atoms with Crippen LogP contribution in [-0.4, -0.2) is 79.6 Å². The number of hydrogen-bond acceptors (Lipinski definition) is 4. The highest BCUT2D eigenvalue weighted by molar-refractivity contribution is 7.88. The molecule has 1 aromatic rings. The van der Waals surface area contributed by atoms with Gasteiger partial charge in [0, 0.05) is 51.4 Å². The normalized spacial score (nSPS) is 24.5. The van der Waals surface area contributed by atoms with E-state index >= 15 is 0 Å². The summed E-state index contributed by atoms with van der Waals surface area (Å²) in [5.41, 5.74) is 2.19. The lowest BCUT2D eigenvalue weighted by Gasteiger charge is -2.45. The number of aryl methyl sites for hydroxylation is 1. The maximum atomic E-state index is 12.5. The fourth-order valence-corrected chi connectivity index (χ4v) is 5.15. The van der Waals surface area contributed by atoms with Crippen molar-refractivity contribution in [1.29, 1.82) is 0 Å². The Kier molecular flexibility index (Phi) is 6.31. The molecule has 1 aromatic carbocycles. The van der Waals surface area contributed by atoms with Gasteiger partial charge in [-0.3, -0.25) is 4.90 Å². The summed E-state index contributed by atoms with van der Waals surface area (Å²) in [5, 5.41) is 3.00. The van der Waals surface area contributed by atoms with Crippen molar-refractivity contribution >= 4 is 16.1 Å². The third-order valence-corrected chi connectivity index (χ3v) is 7.48. The van der Waals surface area contributed by atoms with Gasteiger partial charge in [-0.05, 0) is 25.3 Å². The summed E-state index contributed by atoms with van der Waals surface area (Å²) in [6, 6.07) is 8.13. The maximum Gasteiger partial charge on any atom is 0.317 e. The van der Waals surface area contributed by atoms with E-state index in [-0.39, 0.29) is 11.6 Å². The van der Waals surface area contributed by atoms with Crippen LogP contribution < -0.4 is 5.32 Å². The van der Waals surface area contributed by atoms with E-state index in [0.717, 1.165) is 31.5 Å². The van der Waals surface area contributed by atoms with Crippen LogP contribution in [0.4, 0.5) is 4.79 Å². The number of carbonyl (C=O) groups excluding carboxylic acids is 1. The lowest BCUT2D eigenvalue weighted by molar-refractivity contribution is 0.0477. The fraction of sp³-hybridized carbons (Fsp3) is 0.650. The fourth-order valence-electron chi connectivity index (χ4n) is 4.25. The summed E-state index contributed by atoms with van der Waals surface area (Å²) in [6.45, 7) is 8.75. The highest BCUT2D eigenvalue weighted by atomic mass is 32.2. The molecule has 2 heterocycles. The van der Waals surface area contributed by atoms with Gasteiger partial charge in [-0.2, -0.15) is 0 Å². The van der Waals surface area contributed by atoms with Crippen LogP contribution in [0.2, 0.25) is 0 Å². The molecule has 0 radical (unpaired) electrons. The van der Waals surface area contributed by atoms with Crippen molar-refractivity contribution < 1.29 is 13.2 Å². The second-order valence-corrected chi connectivity index (χ2v) is 10.0. The number of carbonyl (C=O) groups is 1. The molecule has 8 heteroatoms. The van der Waals surface area contributed by atoms with Gasteiger partial charge in [0.25, 0.3) is 0 Å². The SMILES string of the molecule is CC[C@@]1(N2CCN(C(=O)NCc3ccc(C)cc3)CC2)CCN(S(C)(=O)=O)C1. The van der Waals surface area contributed by atoms with Crippen molar-refractivity contribution in [2.45, 2.75) is 38.8 Å². The van der Waals surface area contributed by atoms with Gasteiger partial charge in [-0.25, -0.2) is 17.5 Å². The van der Waals surface area contributed by atoms with Crippen molar-refractivity contribution in [1.82, 2.24) is 19.4 Å². The lowest BCUT2D eigenvalue weighted by atomic mass is 9.92. The Morgan fingerprint density at radius 1 is 1.11 bits per heavy atom.